The molecule has 2 heterocycles. The van der Waals surface area contributed by atoms with E-state index in [0.717, 1.165) is 44.6 Å². The smallest absolute Gasteiger partial charge is 0.334 e. The number of methoxy groups -OCH3 is 1. The summed E-state index contributed by atoms with van der Waals surface area (Å²) in [6.07, 6.45) is 3.67. The fourth-order valence-corrected chi connectivity index (χ4v) is 2.99. The maximum atomic E-state index is 11.4. The van der Waals surface area contributed by atoms with Gasteiger partial charge >= 0.3 is 5.97 Å². The topological polar surface area (TPSA) is 67.6 Å². The first-order valence-corrected chi connectivity index (χ1v) is 7.54. The Morgan fingerprint density at radius 1 is 1.52 bits per heavy atom. The molecule has 0 radical (unpaired) electrons. The van der Waals surface area contributed by atoms with E-state index in [1.54, 1.807) is 0 Å². The maximum Gasteiger partial charge on any atom is 0.334 e. The number of aliphatic hydroxyl groups excluding tert-OH is 1. The SMILES string of the molecule is CCc1nn(C)cc1CN1CCC(C(O)C(=O)OC)CC1. The molecule has 0 aromatic carbocycles. The molecule has 1 unspecified atom stereocenters. The van der Waals surface area contributed by atoms with Gasteiger partial charge in [-0.1, -0.05) is 6.92 Å². The van der Waals surface area contributed by atoms with Crippen molar-refractivity contribution in [1.29, 1.82) is 0 Å². The van der Waals surface area contributed by atoms with Gasteiger partial charge < -0.3 is 9.84 Å². The lowest BCUT2D eigenvalue weighted by Crippen LogP contribution is -2.40. The van der Waals surface area contributed by atoms with Crippen LogP contribution in [0.4, 0.5) is 0 Å². The molecule has 1 aliphatic rings. The number of ether oxygens (including phenoxy) is 1. The van der Waals surface area contributed by atoms with Crippen LogP contribution in [-0.4, -0.2) is 52.1 Å². The Morgan fingerprint density at radius 3 is 2.76 bits per heavy atom. The Morgan fingerprint density at radius 2 is 2.19 bits per heavy atom. The van der Waals surface area contributed by atoms with Gasteiger partial charge in [0.25, 0.3) is 0 Å². The first-order chi connectivity index (χ1) is 10.0. The molecule has 1 aromatic rings. The summed E-state index contributed by atoms with van der Waals surface area (Å²) in [5.74, 6) is -0.512. The van der Waals surface area contributed by atoms with E-state index in [1.807, 2.05) is 11.7 Å². The zero-order valence-electron chi connectivity index (χ0n) is 13.1. The molecule has 0 amide bonds. The van der Waals surface area contributed by atoms with Crippen LogP contribution >= 0.6 is 0 Å². The van der Waals surface area contributed by atoms with Crippen molar-refractivity contribution in [2.24, 2.45) is 13.0 Å². The highest BCUT2D eigenvalue weighted by atomic mass is 16.5. The predicted octanol–water partition coefficient (Wildman–Crippen LogP) is 0.728. The molecule has 1 N–H and O–H groups in total. The summed E-state index contributed by atoms with van der Waals surface area (Å²) in [5, 5.41) is 14.4. The van der Waals surface area contributed by atoms with Crippen LogP contribution in [0.5, 0.6) is 0 Å². The number of aryl methyl sites for hydroxylation is 2. The number of hydrogen-bond donors (Lipinski definition) is 1. The van der Waals surface area contributed by atoms with Gasteiger partial charge in [-0.25, -0.2) is 4.79 Å². The van der Waals surface area contributed by atoms with Crippen molar-refractivity contribution < 1.29 is 14.6 Å². The van der Waals surface area contributed by atoms with Crippen LogP contribution < -0.4 is 0 Å². The van der Waals surface area contributed by atoms with Crippen LogP contribution in [0.2, 0.25) is 0 Å². The van der Waals surface area contributed by atoms with E-state index in [1.165, 1.54) is 12.7 Å². The Hall–Kier alpha value is -1.40. The number of esters is 1. The first-order valence-electron chi connectivity index (χ1n) is 7.54. The second-order valence-electron chi connectivity index (χ2n) is 5.71. The van der Waals surface area contributed by atoms with E-state index in [-0.39, 0.29) is 5.92 Å². The Bertz CT molecular complexity index is 479. The van der Waals surface area contributed by atoms with Gasteiger partial charge in [0.2, 0.25) is 0 Å². The summed E-state index contributed by atoms with van der Waals surface area (Å²) in [6.45, 7) is 4.77. The molecule has 1 aromatic heterocycles. The van der Waals surface area contributed by atoms with Crippen LogP contribution in [0, 0.1) is 5.92 Å². The fraction of sp³-hybridized carbons (Fsp3) is 0.733. The minimum atomic E-state index is -0.984. The molecule has 0 spiro atoms. The standard InChI is InChI=1S/C15H25N3O3/c1-4-13-12(9-17(2)16-13)10-18-7-5-11(6-8-18)14(19)15(20)21-3/h9,11,14,19H,4-8,10H2,1-3H3. The van der Waals surface area contributed by atoms with E-state index in [4.69, 9.17) is 0 Å². The molecule has 1 aliphatic heterocycles. The molecule has 2 rings (SSSR count). The number of likely N-dealkylation sites (tertiary alicyclic amines) is 1. The molecule has 0 aliphatic carbocycles. The van der Waals surface area contributed by atoms with Crippen molar-refractivity contribution in [3.8, 4) is 0 Å². The lowest BCUT2D eigenvalue weighted by molar-refractivity contribution is -0.154. The number of nitrogens with zero attached hydrogens (tertiary/aromatic N) is 3. The van der Waals surface area contributed by atoms with Crippen molar-refractivity contribution in [1.82, 2.24) is 14.7 Å². The highest BCUT2D eigenvalue weighted by Gasteiger charge is 2.30. The minimum Gasteiger partial charge on any atom is -0.467 e. The van der Waals surface area contributed by atoms with Crippen molar-refractivity contribution in [3.63, 3.8) is 0 Å². The number of aromatic nitrogens is 2. The zero-order chi connectivity index (χ0) is 15.4. The minimum absolute atomic E-state index is 0.00763. The van der Waals surface area contributed by atoms with Gasteiger partial charge in [-0.15, -0.1) is 0 Å². The lowest BCUT2D eigenvalue weighted by Gasteiger charge is -2.33. The van der Waals surface area contributed by atoms with E-state index in [9.17, 15) is 9.90 Å². The summed E-state index contributed by atoms with van der Waals surface area (Å²) in [4.78, 5) is 13.7. The van der Waals surface area contributed by atoms with Gasteiger partial charge in [-0.2, -0.15) is 5.10 Å². The second kappa shape index (κ2) is 7.04. The number of hydrogen-bond acceptors (Lipinski definition) is 5. The molecule has 6 heteroatoms. The quantitative estimate of drug-likeness (QED) is 0.811. The van der Waals surface area contributed by atoms with Crippen molar-refractivity contribution >= 4 is 5.97 Å². The first kappa shape index (κ1) is 16.0. The van der Waals surface area contributed by atoms with Crippen molar-refractivity contribution in [2.45, 2.75) is 38.8 Å². The van der Waals surface area contributed by atoms with Gasteiger partial charge in [0.15, 0.2) is 6.10 Å². The third-order valence-corrected chi connectivity index (χ3v) is 4.24. The second-order valence-corrected chi connectivity index (χ2v) is 5.71. The Kier molecular flexibility index (Phi) is 5.36. The van der Waals surface area contributed by atoms with Gasteiger partial charge in [-0.3, -0.25) is 9.58 Å². The summed E-state index contributed by atoms with van der Waals surface area (Å²) >= 11 is 0. The maximum absolute atomic E-state index is 11.4. The molecular formula is C15H25N3O3. The van der Waals surface area contributed by atoms with Gasteiger partial charge in [-0.05, 0) is 38.3 Å². The summed E-state index contributed by atoms with van der Waals surface area (Å²) < 4.78 is 6.47. The van der Waals surface area contributed by atoms with Gasteiger partial charge in [0.05, 0.1) is 12.8 Å². The predicted molar refractivity (Wildman–Crippen MR) is 78.6 cm³/mol. The average molecular weight is 295 g/mol. The number of rotatable bonds is 5. The number of carbonyl (C=O) groups is 1. The zero-order valence-corrected chi connectivity index (χ0v) is 13.1. The third-order valence-electron chi connectivity index (χ3n) is 4.24. The Labute approximate surface area is 125 Å². The van der Waals surface area contributed by atoms with Crippen LogP contribution in [-0.2, 0) is 29.5 Å². The normalized spacial score (nSPS) is 18.7. The van der Waals surface area contributed by atoms with E-state index in [2.05, 4.69) is 27.9 Å². The van der Waals surface area contributed by atoms with Crippen LogP contribution in [0.1, 0.15) is 31.0 Å². The highest BCUT2D eigenvalue weighted by Crippen LogP contribution is 2.23. The third kappa shape index (κ3) is 3.83. The molecule has 1 atom stereocenters. The number of piperidine rings is 1. The van der Waals surface area contributed by atoms with Crippen LogP contribution in [0.3, 0.4) is 0 Å². The average Bonchev–Trinajstić information content (AvgIpc) is 2.86. The molecule has 0 bridgehead atoms. The summed E-state index contributed by atoms with van der Waals surface area (Å²) in [5.41, 5.74) is 2.42. The van der Waals surface area contributed by atoms with Gasteiger partial charge in [0, 0.05) is 25.4 Å². The molecular weight excluding hydrogens is 270 g/mol. The van der Waals surface area contributed by atoms with Crippen LogP contribution in [0.15, 0.2) is 6.20 Å². The van der Waals surface area contributed by atoms with E-state index >= 15 is 0 Å². The highest BCUT2D eigenvalue weighted by molar-refractivity contribution is 5.74. The molecule has 1 fully saturated rings. The van der Waals surface area contributed by atoms with Crippen molar-refractivity contribution in [2.75, 3.05) is 20.2 Å². The van der Waals surface area contributed by atoms with E-state index in [0.29, 0.717) is 0 Å². The molecule has 21 heavy (non-hydrogen) atoms. The lowest BCUT2D eigenvalue weighted by atomic mass is 9.91. The number of carbonyl (C=O) groups excluding carboxylic acids is 1. The fourth-order valence-electron chi connectivity index (χ4n) is 2.99. The van der Waals surface area contributed by atoms with E-state index < -0.39 is 12.1 Å². The van der Waals surface area contributed by atoms with Crippen molar-refractivity contribution in [3.05, 3.63) is 17.5 Å². The molecule has 118 valence electrons. The monoisotopic (exact) mass is 295 g/mol. The number of aliphatic hydroxyl groups is 1. The molecule has 1 saturated heterocycles. The molecule has 0 saturated carbocycles. The van der Waals surface area contributed by atoms with Gasteiger partial charge in [0.1, 0.15) is 0 Å². The summed E-state index contributed by atoms with van der Waals surface area (Å²) in [6, 6.07) is 0. The van der Waals surface area contributed by atoms with Crippen LogP contribution in [0.25, 0.3) is 0 Å². The Balaban J connectivity index is 1.88. The summed E-state index contributed by atoms with van der Waals surface area (Å²) in [7, 11) is 3.26. The largest absolute Gasteiger partial charge is 0.467 e. The molecule has 6 nitrogen and oxygen atoms in total.